The molecule has 5 aromatic rings. The van der Waals surface area contributed by atoms with Crippen LogP contribution in [0.4, 0.5) is 18.4 Å². The lowest BCUT2D eigenvalue weighted by Crippen LogP contribution is -2.51. The minimum atomic E-state index is -2.78. The molecule has 2 saturated heterocycles. The van der Waals surface area contributed by atoms with E-state index in [-0.39, 0.29) is 54.0 Å². The summed E-state index contributed by atoms with van der Waals surface area (Å²) in [7, 11) is 2.51. The fourth-order valence-corrected chi connectivity index (χ4v) is 10.7. The average Bonchev–Trinajstić information content (AvgIpc) is 4.15. The summed E-state index contributed by atoms with van der Waals surface area (Å²) >= 11 is 0. The van der Waals surface area contributed by atoms with Gasteiger partial charge in [-0.05, 0) is 101 Å². The van der Waals surface area contributed by atoms with Crippen LogP contribution in [0.5, 0.6) is 0 Å². The van der Waals surface area contributed by atoms with Gasteiger partial charge < -0.3 is 39.9 Å². The monoisotopic (exact) mass is 918 g/mol. The van der Waals surface area contributed by atoms with Gasteiger partial charge in [0.1, 0.15) is 23.7 Å². The summed E-state index contributed by atoms with van der Waals surface area (Å²) in [4.78, 5) is 84.6. The van der Waals surface area contributed by atoms with Crippen molar-refractivity contribution < 1.29 is 37.4 Å². The standard InChI is InChI=1S/C50H56F2N8O7/c1-25(2)41(56-48(64)66-5)46(62)59-19-7-9-38(59)43-53-24-37(55-43)28-13-11-27(12-14-28)31-17-16-30(32-22-35-34(40(31)32)23-50(35,51)52)29-15-18-36-33(21-29)45(61)58-44(54-36)39-10-8-20-60(39)47(63)42(26(3)4)57-49(65)67-6/h11-18,21,24-26,34-35,38-39,41-42H,7-10,19-20,22-23H2,1-6H3,(H,53,55)(H,56,64)(H,57,65)(H,54,58,61)/t34?,35?,38-,39-,41-,42-/m0/s1. The molecular weight excluding hydrogens is 863 g/mol. The van der Waals surface area contributed by atoms with Crippen molar-refractivity contribution in [2.45, 2.75) is 102 Å². The average molecular weight is 919 g/mol. The number of H-pyrrole nitrogens is 2. The summed E-state index contributed by atoms with van der Waals surface area (Å²) in [5.74, 6) is -3.74. The number of carbonyl (C=O) groups is 4. The Morgan fingerprint density at radius 3 is 1.91 bits per heavy atom. The van der Waals surface area contributed by atoms with Gasteiger partial charge in [-0.25, -0.2) is 28.3 Å². The molecule has 3 aromatic carbocycles. The number of imidazole rings is 1. The summed E-state index contributed by atoms with van der Waals surface area (Å²) in [6.45, 7) is 8.40. The molecule has 352 valence electrons. The lowest BCUT2D eigenvalue weighted by atomic mass is 9.69. The second-order valence-electron chi connectivity index (χ2n) is 19.0. The number of alkyl halides is 2. The Morgan fingerprint density at radius 2 is 1.33 bits per heavy atom. The van der Waals surface area contributed by atoms with E-state index in [0.717, 1.165) is 57.5 Å². The number of nitrogens with one attached hydrogen (secondary N) is 4. The van der Waals surface area contributed by atoms with Crippen molar-refractivity contribution in [2.24, 2.45) is 17.8 Å². The largest absolute Gasteiger partial charge is 0.453 e. The van der Waals surface area contributed by atoms with Gasteiger partial charge in [0.05, 0.1) is 49.1 Å². The van der Waals surface area contributed by atoms with Crippen LogP contribution in [0.3, 0.4) is 0 Å². The van der Waals surface area contributed by atoms with Gasteiger partial charge in [-0.3, -0.25) is 14.4 Å². The fraction of sp³-hybridized carbons (Fsp3) is 0.460. The van der Waals surface area contributed by atoms with Crippen molar-refractivity contribution in [3.63, 3.8) is 0 Å². The molecule has 2 aliphatic carbocycles. The zero-order valence-electron chi connectivity index (χ0n) is 38.5. The van der Waals surface area contributed by atoms with E-state index >= 15 is 8.78 Å². The number of hydrogen-bond acceptors (Lipinski definition) is 9. The molecule has 6 atom stereocenters. The zero-order valence-corrected chi connectivity index (χ0v) is 38.5. The Labute approximate surface area is 386 Å². The van der Waals surface area contributed by atoms with Crippen molar-refractivity contribution in [3.05, 3.63) is 93.9 Å². The van der Waals surface area contributed by atoms with Gasteiger partial charge in [0, 0.05) is 25.4 Å². The maximum absolute atomic E-state index is 15.2. The van der Waals surface area contributed by atoms with Crippen molar-refractivity contribution in [3.8, 4) is 33.5 Å². The molecule has 2 aliphatic heterocycles. The number of likely N-dealkylation sites (tertiary alicyclic amines) is 2. The highest BCUT2D eigenvalue weighted by atomic mass is 19.3. The summed E-state index contributed by atoms with van der Waals surface area (Å²) in [5, 5.41) is 5.66. The van der Waals surface area contributed by atoms with Crippen LogP contribution in [-0.2, 0) is 25.5 Å². The molecule has 4 amide bonds. The number of ether oxygens (including phenoxy) is 2. The van der Waals surface area contributed by atoms with Gasteiger partial charge in [0.25, 0.3) is 11.5 Å². The first-order chi connectivity index (χ1) is 32.1. The van der Waals surface area contributed by atoms with Crippen LogP contribution in [0.15, 0.2) is 65.6 Å². The number of rotatable bonds is 11. The smallest absolute Gasteiger partial charge is 0.407 e. The van der Waals surface area contributed by atoms with E-state index in [1.807, 2.05) is 70.2 Å². The van der Waals surface area contributed by atoms with Gasteiger partial charge >= 0.3 is 12.2 Å². The number of hydrogen-bond donors (Lipinski definition) is 4. The third-order valence-electron chi connectivity index (χ3n) is 14.3. The maximum atomic E-state index is 15.2. The number of fused-ring (bicyclic) bond motifs is 4. The van der Waals surface area contributed by atoms with E-state index in [2.05, 4.69) is 25.6 Å². The van der Waals surface area contributed by atoms with Crippen LogP contribution >= 0.6 is 0 Å². The predicted octanol–water partition coefficient (Wildman–Crippen LogP) is 8.03. The van der Waals surface area contributed by atoms with E-state index in [4.69, 9.17) is 14.5 Å². The van der Waals surface area contributed by atoms with E-state index < -0.39 is 42.2 Å². The van der Waals surface area contributed by atoms with Crippen molar-refractivity contribution in [2.75, 3.05) is 27.3 Å². The van der Waals surface area contributed by atoms with Gasteiger partial charge in [-0.2, -0.15) is 0 Å². The van der Waals surface area contributed by atoms with E-state index in [0.29, 0.717) is 48.5 Å². The molecule has 0 bridgehead atoms. The molecule has 15 nitrogen and oxygen atoms in total. The first kappa shape index (κ1) is 45.5. The molecule has 2 unspecified atom stereocenters. The van der Waals surface area contributed by atoms with Gasteiger partial charge in [0.15, 0.2) is 0 Å². The number of methoxy groups -OCH3 is 2. The summed E-state index contributed by atoms with van der Waals surface area (Å²) in [6, 6.07) is 14.9. The van der Waals surface area contributed by atoms with Crippen molar-refractivity contribution >= 4 is 34.9 Å². The highest BCUT2D eigenvalue weighted by molar-refractivity contribution is 5.89. The Kier molecular flexibility index (Phi) is 12.1. The minimum absolute atomic E-state index is 0.154. The lowest BCUT2D eigenvalue weighted by Gasteiger charge is -2.40. The van der Waals surface area contributed by atoms with Crippen LogP contribution in [0, 0.1) is 17.8 Å². The van der Waals surface area contributed by atoms with Crippen LogP contribution in [-0.4, -0.2) is 99.1 Å². The first-order valence-corrected chi connectivity index (χ1v) is 23.1. The van der Waals surface area contributed by atoms with E-state index in [1.165, 1.54) is 14.2 Å². The summed E-state index contributed by atoms with van der Waals surface area (Å²) in [6.07, 6.45) is 3.16. The molecule has 9 rings (SSSR count). The number of halogens is 2. The quantitative estimate of drug-likeness (QED) is 0.102. The van der Waals surface area contributed by atoms with Gasteiger partial charge in [-0.1, -0.05) is 70.2 Å². The number of aromatic nitrogens is 4. The molecule has 4 N–H and O–H groups in total. The minimum Gasteiger partial charge on any atom is -0.453 e. The number of nitrogens with zero attached hydrogens (tertiary/aromatic N) is 4. The zero-order chi connectivity index (χ0) is 47.5. The Bertz CT molecular complexity index is 2810. The molecule has 3 fully saturated rings. The topological polar surface area (TPSA) is 192 Å². The maximum Gasteiger partial charge on any atom is 0.407 e. The molecule has 4 aliphatic rings. The fourth-order valence-electron chi connectivity index (χ4n) is 10.7. The SMILES string of the molecule is COC(=O)N[C@H](C(=O)N1CCC[C@H]1c1ncc(-c2ccc(-c3ccc(-c4ccc5nc([C@@H]6CCCN6C(=O)[C@@H](NC(=O)OC)C(C)C)[nH]c(=O)c5c4)c4c3C3CC(F)(F)C3C4)cc2)[nH]1)C(C)C. The molecule has 4 heterocycles. The lowest BCUT2D eigenvalue weighted by molar-refractivity contribution is -0.141. The van der Waals surface area contributed by atoms with Crippen LogP contribution in [0.1, 0.15) is 101 Å². The van der Waals surface area contributed by atoms with Crippen LogP contribution in [0.25, 0.3) is 44.4 Å². The third-order valence-corrected chi connectivity index (χ3v) is 14.3. The normalized spacial score (nSPS) is 21.5. The number of benzene rings is 3. The second-order valence-corrected chi connectivity index (χ2v) is 19.0. The molecule has 2 aromatic heterocycles. The van der Waals surface area contributed by atoms with E-state index in [1.54, 1.807) is 28.1 Å². The summed E-state index contributed by atoms with van der Waals surface area (Å²) in [5.41, 5.74) is 6.76. The van der Waals surface area contributed by atoms with Gasteiger partial charge in [-0.15, -0.1) is 0 Å². The van der Waals surface area contributed by atoms with Crippen LogP contribution in [0.2, 0.25) is 0 Å². The predicted molar refractivity (Wildman–Crippen MR) is 246 cm³/mol. The molecule has 67 heavy (non-hydrogen) atoms. The molecule has 0 spiro atoms. The number of carbonyl (C=O) groups excluding carboxylic acids is 4. The van der Waals surface area contributed by atoms with Crippen molar-refractivity contribution in [1.29, 1.82) is 0 Å². The molecular formula is C50H56F2N8O7. The molecule has 0 radical (unpaired) electrons. The molecule has 17 heteroatoms. The van der Waals surface area contributed by atoms with Crippen molar-refractivity contribution in [1.82, 2.24) is 40.4 Å². The second kappa shape index (κ2) is 17.9. The van der Waals surface area contributed by atoms with Crippen LogP contribution < -0.4 is 16.2 Å². The Balaban J connectivity index is 0.975. The summed E-state index contributed by atoms with van der Waals surface area (Å²) < 4.78 is 39.9. The Morgan fingerprint density at radius 1 is 0.761 bits per heavy atom. The Hall–Kier alpha value is -6.65. The number of alkyl carbamates (subject to hydrolysis) is 2. The van der Waals surface area contributed by atoms with Gasteiger partial charge in [0.2, 0.25) is 11.8 Å². The molecule has 1 saturated carbocycles. The van der Waals surface area contributed by atoms with E-state index in [9.17, 15) is 24.0 Å². The number of amides is 4. The first-order valence-electron chi connectivity index (χ1n) is 23.1. The highest BCUT2D eigenvalue weighted by Gasteiger charge is 2.60. The number of aromatic amines is 2. The highest BCUT2D eigenvalue weighted by Crippen LogP contribution is 2.62. The third kappa shape index (κ3) is 8.30.